The number of aromatic carboxylic acids is 1. The molecular formula is C22H26N4O4S. The second kappa shape index (κ2) is 9.42. The molecule has 1 aromatic heterocycles. The Labute approximate surface area is 181 Å². The molecule has 0 saturated carbocycles. The summed E-state index contributed by atoms with van der Waals surface area (Å²) in [5.74, 6) is -0.712. The highest BCUT2D eigenvalue weighted by atomic mass is 32.2. The normalized spacial score (nSPS) is 11.8. The van der Waals surface area contributed by atoms with Gasteiger partial charge in [0.25, 0.3) is 0 Å². The quantitative estimate of drug-likeness (QED) is 0.462. The Balaban J connectivity index is 1.87. The van der Waals surface area contributed by atoms with Crippen molar-refractivity contribution in [2.24, 2.45) is 5.73 Å². The van der Waals surface area contributed by atoms with Crippen LogP contribution in [-0.4, -0.2) is 48.4 Å². The van der Waals surface area contributed by atoms with E-state index < -0.39 is 16.0 Å². The van der Waals surface area contributed by atoms with Gasteiger partial charge in [0.05, 0.1) is 10.5 Å². The molecule has 0 atom stereocenters. The first-order valence-electron chi connectivity index (χ1n) is 9.92. The second-order valence-corrected chi connectivity index (χ2v) is 9.21. The number of carboxylic acid groups (broad SMARTS) is 1. The molecule has 0 aliphatic heterocycles. The van der Waals surface area contributed by atoms with Gasteiger partial charge in [0.1, 0.15) is 5.82 Å². The minimum Gasteiger partial charge on any atom is -0.478 e. The summed E-state index contributed by atoms with van der Waals surface area (Å²) in [7, 11) is -3.83. The van der Waals surface area contributed by atoms with Crippen LogP contribution < -0.4 is 11.5 Å². The van der Waals surface area contributed by atoms with Gasteiger partial charge < -0.3 is 16.6 Å². The van der Waals surface area contributed by atoms with E-state index in [9.17, 15) is 13.2 Å². The lowest BCUT2D eigenvalue weighted by Crippen LogP contribution is -2.36. The zero-order chi connectivity index (χ0) is 22.6. The SMILES string of the molecule is Cc1cnc(N)c2cccc(S(=O)(=O)N(CCN)CCCc3cccc(C(=O)O)c3)c12. The molecule has 0 spiro atoms. The van der Waals surface area contributed by atoms with Gasteiger partial charge in [0, 0.05) is 36.6 Å². The lowest BCUT2D eigenvalue weighted by atomic mass is 10.1. The standard InChI is InChI=1S/C22H26N4O4S/c1-15-14-25-21(24)18-8-3-9-19(20(15)18)31(29,30)26(12-10-23)11-4-6-16-5-2-7-17(13-16)22(27)28/h2-3,5,7-9,13-14H,4,6,10-12,23H2,1H3,(H2,24,25)(H,27,28). The number of fused-ring (bicyclic) bond motifs is 1. The Bertz CT molecular complexity index is 1210. The highest BCUT2D eigenvalue weighted by molar-refractivity contribution is 7.89. The molecule has 5 N–H and O–H groups in total. The van der Waals surface area contributed by atoms with E-state index in [1.807, 2.05) is 6.07 Å². The number of carboxylic acids is 1. The second-order valence-electron chi connectivity index (χ2n) is 7.31. The van der Waals surface area contributed by atoms with Gasteiger partial charge in [-0.05, 0) is 49.1 Å². The van der Waals surface area contributed by atoms with Gasteiger partial charge in [0.2, 0.25) is 10.0 Å². The van der Waals surface area contributed by atoms with Crippen LogP contribution in [0.5, 0.6) is 0 Å². The van der Waals surface area contributed by atoms with Crippen molar-refractivity contribution in [3.05, 3.63) is 65.4 Å². The average molecular weight is 443 g/mol. The van der Waals surface area contributed by atoms with Crippen LogP contribution in [0.2, 0.25) is 0 Å². The van der Waals surface area contributed by atoms with Crippen LogP contribution in [0.4, 0.5) is 5.82 Å². The number of benzene rings is 2. The van der Waals surface area contributed by atoms with Gasteiger partial charge >= 0.3 is 5.97 Å². The smallest absolute Gasteiger partial charge is 0.335 e. The number of hydrogen-bond donors (Lipinski definition) is 3. The third kappa shape index (κ3) is 4.84. The van der Waals surface area contributed by atoms with Crippen molar-refractivity contribution >= 4 is 32.6 Å². The van der Waals surface area contributed by atoms with Gasteiger partial charge in [-0.2, -0.15) is 4.31 Å². The van der Waals surface area contributed by atoms with Gasteiger partial charge in [-0.15, -0.1) is 0 Å². The molecule has 0 radical (unpaired) electrons. The first-order valence-corrected chi connectivity index (χ1v) is 11.4. The van der Waals surface area contributed by atoms with Crippen molar-refractivity contribution in [2.45, 2.75) is 24.7 Å². The highest BCUT2D eigenvalue weighted by Gasteiger charge is 2.26. The molecule has 3 aromatic rings. The van der Waals surface area contributed by atoms with Crippen LogP contribution in [0.1, 0.15) is 27.9 Å². The van der Waals surface area contributed by atoms with E-state index in [2.05, 4.69) is 4.98 Å². The maximum atomic E-state index is 13.5. The summed E-state index contributed by atoms with van der Waals surface area (Å²) < 4.78 is 28.4. The molecule has 0 amide bonds. The van der Waals surface area contributed by atoms with Gasteiger partial charge in [-0.3, -0.25) is 0 Å². The van der Waals surface area contributed by atoms with Crippen molar-refractivity contribution in [3.8, 4) is 0 Å². The molecule has 0 aliphatic rings. The molecule has 31 heavy (non-hydrogen) atoms. The third-order valence-corrected chi connectivity index (χ3v) is 7.08. The van der Waals surface area contributed by atoms with Crippen molar-refractivity contribution in [1.82, 2.24) is 9.29 Å². The molecule has 0 bridgehead atoms. The van der Waals surface area contributed by atoms with E-state index in [1.54, 1.807) is 43.5 Å². The lowest BCUT2D eigenvalue weighted by molar-refractivity contribution is 0.0696. The molecule has 8 nitrogen and oxygen atoms in total. The van der Waals surface area contributed by atoms with E-state index >= 15 is 0 Å². The maximum Gasteiger partial charge on any atom is 0.335 e. The Hall–Kier alpha value is -3.01. The Morgan fingerprint density at radius 1 is 1.16 bits per heavy atom. The summed E-state index contributed by atoms with van der Waals surface area (Å²) in [4.78, 5) is 15.5. The Morgan fingerprint density at radius 2 is 1.90 bits per heavy atom. The first-order chi connectivity index (χ1) is 14.8. The van der Waals surface area contributed by atoms with Gasteiger partial charge in [0.15, 0.2) is 0 Å². The van der Waals surface area contributed by atoms with Crippen molar-refractivity contribution in [1.29, 1.82) is 0 Å². The van der Waals surface area contributed by atoms with Crippen LogP contribution in [0, 0.1) is 6.92 Å². The van der Waals surface area contributed by atoms with Crippen LogP contribution in [-0.2, 0) is 16.4 Å². The summed E-state index contributed by atoms with van der Waals surface area (Å²) in [6.45, 7) is 2.41. The van der Waals surface area contributed by atoms with Crippen LogP contribution in [0.3, 0.4) is 0 Å². The lowest BCUT2D eigenvalue weighted by Gasteiger charge is -2.23. The number of aromatic nitrogens is 1. The predicted molar refractivity (Wildman–Crippen MR) is 120 cm³/mol. The number of nitrogens with zero attached hydrogens (tertiary/aromatic N) is 2. The van der Waals surface area contributed by atoms with E-state index in [1.165, 1.54) is 10.4 Å². The zero-order valence-electron chi connectivity index (χ0n) is 17.3. The van der Waals surface area contributed by atoms with Gasteiger partial charge in [-0.25, -0.2) is 18.2 Å². The molecule has 0 saturated heterocycles. The number of nitrogens with two attached hydrogens (primary N) is 2. The van der Waals surface area contributed by atoms with E-state index in [4.69, 9.17) is 16.6 Å². The number of pyridine rings is 1. The fourth-order valence-corrected chi connectivity index (χ4v) is 5.39. The number of carbonyl (C=O) groups is 1. The van der Waals surface area contributed by atoms with Crippen LogP contribution in [0.25, 0.3) is 10.8 Å². The molecule has 3 rings (SSSR count). The molecule has 0 fully saturated rings. The molecule has 9 heteroatoms. The summed E-state index contributed by atoms with van der Waals surface area (Å²) in [5, 5.41) is 10.3. The fourth-order valence-electron chi connectivity index (χ4n) is 3.62. The number of aryl methyl sites for hydroxylation is 2. The minimum atomic E-state index is -3.83. The fraction of sp³-hybridized carbons (Fsp3) is 0.273. The molecule has 0 aliphatic carbocycles. The summed E-state index contributed by atoms with van der Waals surface area (Å²) in [6, 6.07) is 11.6. The van der Waals surface area contributed by atoms with E-state index in [-0.39, 0.29) is 35.9 Å². The van der Waals surface area contributed by atoms with E-state index in [0.717, 1.165) is 11.1 Å². The molecule has 164 valence electrons. The highest BCUT2D eigenvalue weighted by Crippen LogP contribution is 2.30. The molecule has 1 heterocycles. The largest absolute Gasteiger partial charge is 0.478 e. The number of anilines is 1. The Kier molecular flexibility index (Phi) is 6.89. The number of hydrogen-bond acceptors (Lipinski definition) is 6. The minimum absolute atomic E-state index is 0.174. The van der Waals surface area contributed by atoms with Crippen molar-refractivity contribution in [3.63, 3.8) is 0 Å². The molecule has 0 unspecified atom stereocenters. The zero-order valence-corrected chi connectivity index (χ0v) is 18.1. The molecular weight excluding hydrogens is 416 g/mol. The molecule has 2 aromatic carbocycles. The first kappa shape index (κ1) is 22.7. The predicted octanol–water partition coefficient (Wildman–Crippen LogP) is 2.41. The monoisotopic (exact) mass is 442 g/mol. The Morgan fingerprint density at radius 3 is 2.61 bits per heavy atom. The van der Waals surface area contributed by atoms with Crippen molar-refractivity contribution < 1.29 is 18.3 Å². The maximum absolute atomic E-state index is 13.5. The topological polar surface area (TPSA) is 140 Å². The van der Waals surface area contributed by atoms with Crippen molar-refractivity contribution in [2.75, 3.05) is 25.4 Å². The number of sulfonamides is 1. The summed E-state index contributed by atoms with van der Waals surface area (Å²) >= 11 is 0. The summed E-state index contributed by atoms with van der Waals surface area (Å²) in [6.07, 6.45) is 2.64. The average Bonchev–Trinajstić information content (AvgIpc) is 2.75. The number of rotatable bonds is 9. The third-order valence-electron chi connectivity index (χ3n) is 5.14. The van der Waals surface area contributed by atoms with Gasteiger partial charge in [-0.1, -0.05) is 24.3 Å². The van der Waals surface area contributed by atoms with Crippen LogP contribution >= 0.6 is 0 Å². The summed E-state index contributed by atoms with van der Waals surface area (Å²) in [5.41, 5.74) is 13.4. The van der Waals surface area contributed by atoms with Crippen LogP contribution in [0.15, 0.2) is 53.6 Å². The van der Waals surface area contributed by atoms with E-state index in [0.29, 0.717) is 23.6 Å². The number of nitrogen functional groups attached to an aromatic ring is 1.